The van der Waals surface area contributed by atoms with Crippen LogP contribution in [0.3, 0.4) is 0 Å². The summed E-state index contributed by atoms with van der Waals surface area (Å²) in [6, 6.07) is 18.7. The van der Waals surface area contributed by atoms with E-state index in [9.17, 15) is 9.59 Å². The van der Waals surface area contributed by atoms with Crippen LogP contribution in [0.2, 0.25) is 0 Å². The topological polar surface area (TPSA) is 107 Å². The van der Waals surface area contributed by atoms with Crippen LogP contribution in [0.1, 0.15) is 49.6 Å². The van der Waals surface area contributed by atoms with Gasteiger partial charge in [0.15, 0.2) is 11.5 Å². The third-order valence-corrected chi connectivity index (χ3v) is 9.00. The van der Waals surface area contributed by atoms with Crippen molar-refractivity contribution in [2.45, 2.75) is 51.0 Å². The van der Waals surface area contributed by atoms with Gasteiger partial charge in [-0.25, -0.2) is 4.79 Å². The Morgan fingerprint density at radius 1 is 1.02 bits per heavy atom. The summed E-state index contributed by atoms with van der Waals surface area (Å²) in [5, 5.41) is 3.17. The summed E-state index contributed by atoms with van der Waals surface area (Å²) in [4.78, 5) is 32.0. The van der Waals surface area contributed by atoms with Gasteiger partial charge in [-0.15, -0.1) is 11.3 Å². The Hall–Kier alpha value is -3.98. The molecule has 0 unspecified atom stereocenters. The first-order valence-corrected chi connectivity index (χ1v) is 15.2. The number of aromatic amines is 1. The molecule has 2 aromatic heterocycles. The number of fused-ring (bicyclic) bond motifs is 1. The highest BCUT2D eigenvalue weighted by Gasteiger charge is 2.35. The first-order valence-electron chi connectivity index (χ1n) is 14.3. The predicted molar refractivity (Wildman–Crippen MR) is 166 cm³/mol. The molecule has 3 N–H and O–H groups in total. The van der Waals surface area contributed by atoms with Crippen molar-refractivity contribution >= 4 is 34.2 Å². The van der Waals surface area contributed by atoms with Crippen molar-refractivity contribution in [3.63, 3.8) is 0 Å². The Morgan fingerprint density at radius 2 is 1.74 bits per heavy atom. The number of nitrogens with two attached hydrogens (primary N) is 1. The number of carbonyl (C=O) groups excluding carboxylic acids is 2. The van der Waals surface area contributed by atoms with Crippen LogP contribution in [0.5, 0.6) is 11.5 Å². The molecule has 0 spiro atoms. The normalized spacial score (nSPS) is 15.0. The number of methoxy groups -OCH3 is 2. The zero-order valence-electron chi connectivity index (χ0n) is 24.6. The van der Waals surface area contributed by atoms with Crippen LogP contribution in [-0.2, 0) is 16.0 Å². The number of likely N-dealkylation sites (tertiary alicyclic amines) is 1. The predicted octanol–water partition coefficient (Wildman–Crippen LogP) is 6.74. The number of thiophene rings is 1. The monoisotopic (exact) mass is 589 g/mol. The van der Waals surface area contributed by atoms with E-state index in [4.69, 9.17) is 19.9 Å². The highest BCUT2D eigenvalue weighted by atomic mass is 32.1. The lowest BCUT2D eigenvalue weighted by atomic mass is 9.87. The molecule has 1 atom stereocenters. The van der Waals surface area contributed by atoms with Gasteiger partial charge in [0.2, 0.25) is 5.91 Å². The molecule has 0 saturated carbocycles. The summed E-state index contributed by atoms with van der Waals surface area (Å²) in [5.74, 6) is 1.57. The van der Waals surface area contributed by atoms with E-state index in [2.05, 4.69) is 29.2 Å². The molecule has 3 heterocycles. The maximum atomic E-state index is 13.8. The molecular weight excluding hydrogens is 550 g/mol. The highest BCUT2D eigenvalue weighted by Crippen LogP contribution is 2.36. The Bertz CT molecular complexity index is 1540. The van der Waals surface area contributed by atoms with Gasteiger partial charge in [0.25, 0.3) is 0 Å². The number of primary amides is 1. The Morgan fingerprint density at radius 3 is 2.40 bits per heavy atom. The van der Waals surface area contributed by atoms with Crippen molar-refractivity contribution in [2.24, 2.45) is 11.7 Å². The van der Waals surface area contributed by atoms with E-state index in [1.165, 1.54) is 5.69 Å². The molecule has 1 saturated heterocycles. The van der Waals surface area contributed by atoms with Crippen molar-refractivity contribution in [3.8, 4) is 22.6 Å². The minimum atomic E-state index is -0.831. The molecule has 222 valence electrons. The van der Waals surface area contributed by atoms with E-state index in [0.717, 1.165) is 39.7 Å². The lowest BCUT2D eigenvalue weighted by molar-refractivity contribution is -0.138. The largest absolute Gasteiger partial charge is 0.493 e. The minimum Gasteiger partial charge on any atom is -0.493 e. The fourth-order valence-electron chi connectivity index (χ4n) is 6.07. The molecule has 42 heavy (non-hydrogen) atoms. The number of nitrogens with one attached hydrogen (secondary N) is 1. The number of nitrogens with zero attached hydrogens (tertiary/aromatic N) is 1. The molecule has 0 aliphatic carbocycles. The van der Waals surface area contributed by atoms with Gasteiger partial charge in [0, 0.05) is 46.4 Å². The Balaban J connectivity index is 1.27. The van der Waals surface area contributed by atoms with Gasteiger partial charge in [0.05, 0.1) is 14.2 Å². The molecule has 9 heteroatoms. The third kappa shape index (κ3) is 6.73. The molecule has 1 aliphatic rings. The van der Waals surface area contributed by atoms with Gasteiger partial charge in [-0.3, -0.25) is 4.79 Å². The first-order chi connectivity index (χ1) is 20.2. The third-order valence-electron chi connectivity index (χ3n) is 8.10. The van der Waals surface area contributed by atoms with Crippen LogP contribution in [0.4, 0.5) is 4.79 Å². The van der Waals surface area contributed by atoms with Crippen LogP contribution in [0.25, 0.3) is 22.0 Å². The van der Waals surface area contributed by atoms with Gasteiger partial charge in [-0.05, 0) is 92.4 Å². The maximum Gasteiger partial charge on any atom is 0.405 e. The second-order valence-corrected chi connectivity index (χ2v) is 12.6. The number of piperidine rings is 1. The second kappa shape index (κ2) is 12.5. The van der Waals surface area contributed by atoms with Crippen LogP contribution in [-0.4, -0.2) is 54.8 Å². The highest BCUT2D eigenvalue weighted by molar-refractivity contribution is 7.09. The molecule has 1 fully saturated rings. The van der Waals surface area contributed by atoms with Gasteiger partial charge < -0.3 is 29.8 Å². The molecular formula is C33H39N3O5S. The maximum absolute atomic E-state index is 13.8. The van der Waals surface area contributed by atoms with E-state index in [1.54, 1.807) is 25.6 Å². The molecule has 1 aliphatic heterocycles. The van der Waals surface area contributed by atoms with Crippen LogP contribution >= 0.6 is 11.3 Å². The van der Waals surface area contributed by atoms with E-state index in [-0.39, 0.29) is 11.8 Å². The number of hydrogen-bond donors (Lipinski definition) is 2. The van der Waals surface area contributed by atoms with Gasteiger partial charge >= 0.3 is 6.09 Å². The van der Waals surface area contributed by atoms with Gasteiger partial charge in [0.1, 0.15) is 5.60 Å². The number of hydrogen-bond acceptors (Lipinski definition) is 6. The summed E-state index contributed by atoms with van der Waals surface area (Å²) >= 11 is 1.64. The number of rotatable bonds is 10. The molecule has 2 aromatic carbocycles. The van der Waals surface area contributed by atoms with E-state index < -0.39 is 11.7 Å². The lowest BCUT2D eigenvalue weighted by Gasteiger charge is -2.36. The van der Waals surface area contributed by atoms with E-state index >= 15 is 0 Å². The lowest BCUT2D eigenvalue weighted by Crippen LogP contribution is -2.44. The number of H-pyrrole nitrogens is 1. The number of aromatic nitrogens is 1. The van der Waals surface area contributed by atoms with Gasteiger partial charge in [-0.1, -0.05) is 18.2 Å². The molecule has 4 aromatic rings. The quantitative estimate of drug-likeness (QED) is 0.213. The molecule has 0 bridgehead atoms. The van der Waals surface area contributed by atoms with Crippen molar-refractivity contribution in [2.75, 3.05) is 27.3 Å². The second-order valence-electron chi connectivity index (χ2n) is 11.6. The molecule has 5 rings (SSSR count). The average molecular weight is 590 g/mol. The zero-order valence-corrected chi connectivity index (χ0v) is 25.5. The Kier molecular flexibility index (Phi) is 8.77. The number of carbonyl (C=O) groups is 2. The van der Waals surface area contributed by atoms with Crippen molar-refractivity contribution in [3.05, 3.63) is 70.5 Å². The van der Waals surface area contributed by atoms with E-state index in [0.29, 0.717) is 43.3 Å². The number of ether oxygens (including phenoxy) is 3. The average Bonchev–Trinajstić information content (AvgIpc) is 3.65. The summed E-state index contributed by atoms with van der Waals surface area (Å²) in [5.41, 5.74) is 8.94. The van der Waals surface area contributed by atoms with Crippen LogP contribution in [0, 0.1) is 5.92 Å². The van der Waals surface area contributed by atoms with Gasteiger partial charge in [-0.2, -0.15) is 0 Å². The zero-order chi connectivity index (χ0) is 29.9. The fraction of sp³-hybridized carbons (Fsp3) is 0.394. The fourth-order valence-corrected chi connectivity index (χ4v) is 6.85. The van der Waals surface area contributed by atoms with Crippen LogP contribution < -0.4 is 15.2 Å². The van der Waals surface area contributed by atoms with Crippen LogP contribution in [0.15, 0.2) is 60.0 Å². The Labute approximate surface area is 250 Å². The minimum absolute atomic E-state index is 0.110. The van der Waals surface area contributed by atoms with Crippen molar-refractivity contribution in [1.29, 1.82) is 0 Å². The molecule has 0 radical (unpaired) electrons. The van der Waals surface area contributed by atoms with Crippen molar-refractivity contribution in [1.82, 2.24) is 9.88 Å². The standard InChI is InChI=1S/C33H39N3O5S/c1-33(2,41-32(34)38)20-25(17-26-6-5-15-42-26)31(37)36-13-11-21(12-14-36)28-18-24-16-22(7-9-27(24)35-28)23-8-10-29(39-3)30(19-23)40-4/h5-10,15-16,18-19,21,25,35H,11-14,17,20H2,1-4H3,(H2,34,38)/t25-/m1/s1. The SMILES string of the molecule is COc1ccc(-c2ccc3[nH]c(C4CCN(C(=O)[C@H](Cc5cccs5)CC(C)(C)OC(N)=O)CC4)cc3c2)cc1OC. The summed E-state index contributed by atoms with van der Waals surface area (Å²) < 4.78 is 16.2. The number of amides is 2. The smallest absolute Gasteiger partial charge is 0.405 e. The number of benzene rings is 2. The first kappa shape index (κ1) is 29.5. The summed E-state index contributed by atoms with van der Waals surface area (Å²) in [7, 11) is 3.28. The molecule has 8 nitrogen and oxygen atoms in total. The molecule has 2 amide bonds. The summed E-state index contributed by atoms with van der Waals surface area (Å²) in [6.45, 7) is 5.00. The summed E-state index contributed by atoms with van der Waals surface area (Å²) in [6.07, 6.45) is 1.98. The van der Waals surface area contributed by atoms with E-state index in [1.807, 2.05) is 54.5 Å². The van der Waals surface area contributed by atoms with Crippen molar-refractivity contribution < 1.29 is 23.8 Å².